The maximum absolute atomic E-state index is 11.1. The molecule has 4 nitrogen and oxygen atoms in total. The van der Waals surface area contributed by atoms with E-state index < -0.39 is 11.9 Å². The van der Waals surface area contributed by atoms with Gasteiger partial charge in [0.15, 0.2) is 0 Å². The molecule has 0 saturated heterocycles. The summed E-state index contributed by atoms with van der Waals surface area (Å²) in [7, 11) is 0. The van der Waals surface area contributed by atoms with Gasteiger partial charge in [0, 0.05) is 22.3 Å². The first-order chi connectivity index (χ1) is 15.5. The summed E-state index contributed by atoms with van der Waals surface area (Å²) in [5, 5.41) is 20.2. The minimum Gasteiger partial charge on any atom is -0.478 e. The maximum Gasteiger partial charge on any atom is 0.335 e. The quantitative estimate of drug-likeness (QED) is 0.449. The van der Waals surface area contributed by atoms with Crippen molar-refractivity contribution in [3.8, 4) is 23.7 Å². The Labute approximate surface area is 184 Å². The number of aromatic carboxylic acids is 2. The molecule has 0 atom stereocenters. The van der Waals surface area contributed by atoms with E-state index in [9.17, 15) is 9.59 Å². The number of rotatable bonds is 2. The molecule has 0 radical (unpaired) electrons. The summed E-state index contributed by atoms with van der Waals surface area (Å²) in [5.41, 5.74) is 3.27. The summed E-state index contributed by atoms with van der Waals surface area (Å²) in [5.74, 6) is 10.2. The van der Waals surface area contributed by atoms with Gasteiger partial charge in [-0.3, -0.25) is 0 Å². The second-order valence-corrected chi connectivity index (χ2v) is 7.05. The molecule has 0 aliphatic heterocycles. The lowest BCUT2D eigenvalue weighted by molar-refractivity contribution is 0.0686. The molecule has 4 heteroatoms. The Morgan fingerprint density at radius 2 is 0.906 bits per heavy atom. The van der Waals surface area contributed by atoms with Crippen LogP contribution in [0.5, 0.6) is 0 Å². The smallest absolute Gasteiger partial charge is 0.335 e. The first-order valence-corrected chi connectivity index (χ1v) is 9.72. The monoisotopic (exact) mass is 416 g/mol. The van der Waals surface area contributed by atoms with Gasteiger partial charge >= 0.3 is 11.9 Å². The van der Waals surface area contributed by atoms with Crippen molar-refractivity contribution in [1.29, 1.82) is 0 Å². The van der Waals surface area contributed by atoms with Gasteiger partial charge in [-0.05, 0) is 71.4 Å². The third-order valence-corrected chi connectivity index (χ3v) is 4.76. The number of hydrogen-bond donors (Lipinski definition) is 2. The van der Waals surface area contributed by atoms with Crippen LogP contribution in [-0.2, 0) is 0 Å². The molecule has 0 spiro atoms. The Morgan fingerprint density at radius 1 is 0.500 bits per heavy atom. The lowest BCUT2D eigenvalue weighted by Gasteiger charge is -2.00. The highest BCUT2D eigenvalue weighted by molar-refractivity contribution is 5.89. The van der Waals surface area contributed by atoms with Gasteiger partial charge in [0.1, 0.15) is 0 Å². The number of benzene rings is 4. The molecule has 0 aliphatic carbocycles. The highest BCUT2D eigenvalue weighted by atomic mass is 16.4. The SMILES string of the molecule is O=C(O)c1cccc(C#Cc2ccc3ccc(C#Cc4cccc(C(=O)O)c4)cc3c2)c1. The third kappa shape index (κ3) is 4.84. The van der Waals surface area contributed by atoms with Crippen LogP contribution in [0.3, 0.4) is 0 Å². The molecular formula is C28H16O4. The topological polar surface area (TPSA) is 74.6 Å². The average molecular weight is 416 g/mol. The maximum atomic E-state index is 11.1. The summed E-state index contributed by atoms with van der Waals surface area (Å²) in [6, 6.07) is 24.7. The van der Waals surface area contributed by atoms with Crippen molar-refractivity contribution in [3.05, 3.63) is 118 Å². The van der Waals surface area contributed by atoms with Crippen LogP contribution in [0.25, 0.3) is 10.8 Å². The van der Waals surface area contributed by atoms with Crippen molar-refractivity contribution in [2.45, 2.75) is 0 Å². The number of carbonyl (C=O) groups is 2. The first kappa shape index (κ1) is 20.5. The molecule has 2 N–H and O–H groups in total. The number of carboxylic acids is 2. The van der Waals surface area contributed by atoms with E-state index in [1.807, 2.05) is 36.4 Å². The predicted molar refractivity (Wildman–Crippen MR) is 123 cm³/mol. The molecular weight excluding hydrogens is 400 g/mol. The van der Waals surface area contributed by atoms with Crippen molar-refractivity contribution in [2.75, 3.05) is 0 Å². The van der Waals surface area contributed by atoms with Crippen LogP contribution in [0.2, 0.25) is 0 Å². The Bertz CT molecular complexity index is 1380. The Hall–Kier alpha value is -4.80. The minimum absolute atomic E-state index is 0.201. The molecule has 0 bridgehead atoms. The van der Waals surface area contributed by atoms with Crippen molar-refractivity contribution in [3.63, 3.8) is 0 Å². The standard InChI is InChI=1S/C28H16O4/c29-27(30)24-5-1-3-19(15-24)7-9-21-11-13-23-14-12-22(18-26(23)17-21)10-8-20-4-2-6-25(16-20)28(31)32/h1-6,11-18H,(H,29,30)(H,31,32). The lowest BCUT2D eigenvalue weighted by atomic mass is 10.0. The second-order valence-electron chi connectivity index (χ2n) is 7.05. The van der Waals surface area contributed by atoms with Crippen LogP contribution in [0.15, 0.2) is 84.9 Å². The van der Waals surface area contributed by atoms with E-state index in [2.05, 4.69) is 23.7 Å². The fraction of sp³-hybridized carbons (Fsp3) is 0. The predicted octanol–water partition coefficient (Wildman–Crippen LogP) is 5.04. The van der Waals surface area contributed by atoms with Gasteiger partial charge < -0.3 is 10.2 Å². The summed E-state index contributed by atoms with van der Waals surface area (Å²) in [6.45, 7) is 0. The van der Waals surface area contributed by atoms with E-state index in [-0.39, 0.29) is 11.1 Å². The van der Waals surface area contributed by atoms with Crippen LogP contribution >= 0.6 is 0 Å². The molecule has 0 aromatic heterocycles. The van der Waals surface area contributed by atoms with Gasteiger partial charge in [0.05, 0.1) is 11.1 Å². The van der Waals surface area contributed by atoms with E-state index in [0.717, 1.165) is 21.9 Å². The molecule has 4 aromatic rings. The fourth-order valence-electron chi connectivity index (χ4n) is 3.15. The third-order valence-electron chi connectivity index (χ3n) is 4.76. The lowest BCUT2D eigenvalue weighted by Crippen LogP contribution is -1.95. The van der Waals surface area contributed by atoms with Gasteiger partial charge in [0.2, 0.25) is 0 Å². The van der Waals surface area contributed by atoms with E-state index in [4.69, 9.17) is 10.2 Å². The van der Waals surface area contributed by atoms with Crippen molar-refractivity contribution in [2.24, 2.45) is 0 Å². The average Bonchev–Trinajstić information content (AvgIpc) is 2.81. The van der Waals surface area contributed by atoms with Gasteiger partial charge in [-0.1, -0.05) is 47.9 Å². The zero-order valence-corrected chi connectivity index (χ0v) is 16.8. The molecule has 0 aliphatic rings. The van der Waals surface area contributed by atoms with E-state index in [1.54, 1.807) is 36.4 Å². The summed E-state index contributed by atoms with van der Waals surface area (Å²) < 4.78 is 0. The molecule has 4 aromatic carbocycles. The molecule has 152 valence electrons. The van der Waals surface area contributed by atoms with Crippen LogP contribution in [0, 0.1) is 23.7 Å². The van der Waals surface area contributed by atoms with Crippen LogP contribution in [0.1, 0.15) is 43.0 Å². The molecule has 0 saturated carbocycles. The first-order valence-electron chi connectivity index (χ1n) is 9.72. The van der Waals surface area contributed by atoms with Crippen LogP contribution < -0.4 is 0 Å². The second kappa shape index (κ2) is 8.92. The molecule has 32 heavy (non-hydrogen) atoms. The zero-order valence-electron chi connectivity index (χ0n) is 16.8. The highest BCUT2D eigenvalue weighted by Crippen LogP contribution is 2.18. The van der Waals surface area contributed by atoms with Gasteiger partial charge in [0.25, 0.3) is 0 Å². The molecule has 0 heterocycles. The largest absolute Gasteiger partial charge is 0.478 e. The van der Waals surface area contributed by atoms with Crippen molar-refractivity contribution >= 4 is 22.7 Å². The van der Waals surface area contributed by atoms with Gasteiger partial charge in [-0.2, -0.15) is 0 Å². The normalized spacial score (nSPS) is 9.88. The van der Waals surface area contributed by atoms with Gasteiger partial charge in [-0.15, -0.1) is 0 Å². The van der Waals surface area contributed by atoms with E-state index >= 15 is 0 Å². The van der Waals surface area contributed by atoms with E-state index in [0.29, 0.717) is 11.1 Å². The highest BCUT2D eigenvalue weighted by Gasteiger charge is 2.03. The van der Waals surface area contributed by atoms with Gasteiger partial charge in [-0.25, -0.2) is 9.59 Å². The minimum atomic E-state index is -0.984. The number of carboxylic acid groups (broad SMARTS) is 2. The molecule has 0 fully saturated rings. The summed E-state index contributed by atoms with van der Waals surface area (Å²) in [6.07, 6.45) is 0. The number of fused-ring (bicyclic) bond motifs is 1. The fourth-order valence-corrected chi connectivity index (χ4v) is 3.15. The van der Waals surface area contributed by atoms with Crippen LogP contribution in [0.4, 0.5) is 0 Å². The Morgan fingerprint density at radius 3 is 1.31 bits per heavy atom. The van der Waals surface area contributed by atoms with Crippen LogP contribution in [-0.4, -0.2) is 22.2 Å². The molecule has 4 rings (SSSR count). The number of hydrogen-bond acceptors (Lipinski definition) is 2. The zero-order chi connectivity index (χ0) is 22.5. The van der Waals surface area contributed by atoms with E-state index in [1.165, 1.54) is 12.1 Å². The molecule has 0 unspecified atom stereocenters. The summed E-state index contributed by atoms with van der Waals surface area (Å²) >= 11 is 0. The Balaban J connectivity index is 1.62. The molecule has 0 amide bonds. The van der Waals surface area contributed by atoms with Crippen molar-refractivity contribution in [1.82, 2.24) is 0 Å². The summed E-state index contributed by atoms with van der Waals surface area (Å²) in [4.78, 5) is 22.2. The Kier molecular flexibility index (Phi) is 5.70. The van der Waals surface area contributed by atoms with Crippen molar-refractivity contribution < 1.29 is 19.8 Å².